The number of rotatable bonds is 2. The van der Waals surface area contributed by atoms with Gasteiger partial charge in [-0.3, -0.25) is 9.78 Å². The van der Waals surface area contributed by atoms with E-state index in [9.17, 15) is 13.8 Å². The molecule has 0 aliphatic carbocycles. The first-order chi connectivity index (χ1) is 11.0. The Balaban J connectivity index is 2.30. The van der Waals surface area contributed by atoms with Gasteiger partial charge in [0.1, 0.15) is 0 Å². The number of carboxylic acids is 1. The van der Waals surface area contributed by atoms with Crippen LogP contribution in [0.5, 0.6) is 0 Å². The molecule has 0 spiro atoms. The molecule has 116 valence electrons. The smallest absolute Gasteiger partial charge is 0.335 e. The third-order valence-electron chi connectivity index (χ3n) is 2.66. The average Bonchev–Trinajstić information content (AvgIpc) is 2.53. The first-order valence-corrected chi connectivity index (χ1v) is 7.87. The van der Waals surface area contributed by atoms with E-state index in [2.05, 4.69) is 21.2 Å². The van der Waals surface area contributed by atoms with E-state index in [4.69, 9.17) is 5.11 Å². The predicted octanol–water partition coefficient (Wildman–Crippen LogP) is 2.10. The topological polar surface area (TPSA) is 96.7 Å². The molecule has 2 rings (SSSR count). The Kier molecular flexibility index (Phi) is 5.23. The lowest BCUT2D eigenvalue weighted by Crippen LogP contribution is -1.97. The highest BCUT2D eigenvalue weighted by atomic mass is 32.2. The Morgan fingerprint density at radius 2 is 1.83 bits per heavy atom. The number of hydrogen-bond donors (Lipinski definition) is 1. The van der Waals surface area contributed by atoms with E-state index in [1.807, 2.05) is 0 Å². The number of carboxylic acid groups (broad SMARTS) is 1. The number of benzene rings is 1. The van der Waals surface area contributed by atoms with E-state index in [1.165, 1.54) is 36.8 Å². The van der Waals surface area contributed by atoms with Gasteiger partial charge in [-0.25, -0.2) is 4.79 Å². The number of aromatic carboxylic acids is 1. The fourth-order valence-electron chi connectivity index (χ4n) is 1.67. The van der Waals surface area contributed by atoms with Crippen LogP contribution < -0.4 is 0 Å². The van der Waals surface area contributed by atoms with Crippen LogP contribution in [0.3, 0.4) is 0 Å². The number of nitrogens with zero attached hydrogens (tertiary/aromatic N) is 2. The molecule has 1 N–H and O–H groups in total. The standard InChI is InChI=1S/C16H11N2O4S/c1-23(22)18-15(19)14-8-12(9-17-10-14)6-5-11-3-2-4-13(7-11)16(20)21/h2-4,7-10H,1H3,(H,20,21)/q-1. The highest BCUT2D eigenvalue weighted by Crippen LogP contribution is 2.06. The Morgan fingerprint density at radius 3 is 2.52 bits per heavy atom. The van der Waals surface area contributed by atoms with Crippen molar-refractivity contribution in [2.24, 2.45) is 4.36 Å². The molecule has 0 atom stereocenters. The van der Waals surface area contributed by atoms with Gasteiger partial charge in [-0.2, -0.15) is 10.6 Å². The molecule has 23 heavy (non-hydrogen) atoms. The molecule has 0 unspecified atom stereocenters. The van der Waals surface area contributed by atoms with Crippen LogP contribution in [0.1, 0.15) is 31.8 Å². The number of amides is 1. The van der Waals surface area contributed by atoms with Crippen molar-refractivity contribution in [2.75, 3.05) is 6.26 Å². The van der Waals surface area contributed by atoms with Crippen molar-refractivity contribution >= 4 is 22.5 Å². The van der Waals surface area contributed by atoms with Crippen LogP contribution in [0, 0.1) is 11.8 Å². The zero-order valence-corrected chi connectivity index (χ0v) is 12.8. The van der Waals surface area contributed by atoms with Crippen molar-refractivity contribution in [1.29, 1.82) is 0 Å². The van der Waals surface area contributed by atoms with Gasteiger partial charge < -0.3 is 13.7 Å². The van der Waals surface area contributed by atoms with Crippen LogP contribution in [0.2, 0.25) is 0 Å². The molecule has 1 aromatic carbocycles. The van der Waals surface area contributed by atoms with Gasteiger partial charge in [-0.05, 0) is 24.3 Å². The summed E-state index contributed by atoms with van der Waals surface area (Å²) in [7, 11) is -1.59. The number of carbonyl (C=O) groups excluding carboxylic acids is 1. The van der Waals surface area contributed by atoms with E-state index < -0.39 is 22.5 Å². The van der Waals surface area contributed by atoms with Gasteiger partial charge in [-0.1, -0.05) is 17.9 Å². The van der Waals surface area contributed by atoms with Gasteiger partial charge in [0.05, 0.1) is 11.1 Å². The van der Waals surface area contributed by atoms with Crippen molar-refractivity contribution in [3.8, 4) is 11.8 Å². The maximum Gasteiger partial charge on any atom is 0.335 e. The Hall–Kier alpha value is -2.98. The van der Waals surface area contributed by atoms with E-state index in [1.54, 1.807) is 12.1 Å². The van der Waals surface area contributed by atoms with Crippen LogP contribution in [0.25, 0.3) is 0 Å². The third kappa shape index (κ3) is 4.76. The minimum absolute atomic E-state index is 0.142. The fourth-order valence-corrected chi connectivity index (χ4v) is 2.01. The number of carbonyl (C=O) groups is 2. The van der Waals surface area contributed by atoms with Gasteiger partial charge in [0.15, 0.2) is 0 Å². The molecule has 0 saturated heterocycles. The van der Waals surface area contributed by atoms with Crippen molar-refractivity contribution in [3.63, 3.8) is 0 Å². The molecule has 2 aromatic rings. The number of hydrogen-bond acceptors (Lipinski definition) is 5. The minimum Gasteiger partial charge on any atom is -0.478 e. The van der Waals surface area contributed by atoms with Crippen LogP contribution in [0.15, 0.2) is 47.1 Å². The SMILES string of the molecule is C[S-](=O)=NC(=O)c1cncc(C#Cc2cccc(C(=O)O)c2)c1. The summed E-state index contributed by atoms with van der Waals surface area (Å²) < 4.78 is 14.4. The summed E-state index contributed by atoms with van der Waals surface area (Å²) in [6.07, 6.45) is 4.08. The number of pyridine rings is 1. The van der Waals surface area contributed by atoms with Crippen LogP contribution in [0.4, 0.5) is 0 Å². The van der Waals surface area contributed by atoms with Gasteiger partial charge in [0.25, 0.3) is 5.91 Å². The Morgan fingerprint density at radius 1 is 1.13 bits per heavy atom. The maximum absolute atomic E-state index is 11.7. The number of aromatic nitrogens is 1. The molecule has 0 radical (unpaired) electrons. The summed E-state index contributed by atoms with van der Waals surface area (Å²) >= 11 is 0. The second-order valence-electron chi connectivity index (χ2n) is 4.42. The van der Waals surface area contributed by atoms with Crippen molar-refractivity contribution in [1.82, 2.24) is 4.98 Å². The van der Waals surface area contributed by atoms with E-state index in [-0.39, 0.29) is 11.1 Å². The Labute approximate surface area is 134 Å². The monoisotopic (exact) mass is 327 g/mol. The van der Waals surface area contributed by atoms with E-state index >= 15 is 0 Å². The molecule has 6 nitrogen and oxygen atoms in total. The van der Waals surface area contributed by atoms with Crippen LogP contribution in [-0.2, 0) is 14.8 Å². The lowest BCUT2D eigenvalue weighted by atomic mass is 10.1. The van der Waals surface area contributed by atoms with Crippen molar-refractivity contribution in [3.05, 3.63) is 65.0 Å². The molecular formula is C16H11N2O4S-. The molecule has 1 aromatic heterocycles. The summed E-state index contributed by atoms with van der Waals surface area (Å²) in [4.78, 5) is 26.5. The third-order valence-corrected chi connectivity index (χ3v) is 3.08. The van der Waals surface area contributed by atoms with Gasteiger partial charge in [0.2, 0.25) is 0 Å². The zero-order valence-electron chi connectivity index (χ0n) is 12.0. The Bertz CT molecular complexity index is 919. The molecule has 7 heteroatoms. The molecule has 0 aliphatic rings. The fraction of sp³-hybridized carbons (Fsp3) is 0.0625. The molecular weight excluding hydrogens is 316 g/mol. The van der Waals surface area contributed by atoms with Crippen LogP contribution in [-0.4, -0.2) is 28.2 Å². The van der Waals surface area contributed by atoms with Crippen LogP contribution >= 0.6 is 0 Å². The van der Waals surface area contributed by atoms with Crippen molar-refractivity contribution < 1.29 is 18.9 Å². The summed E-state index contributed by atoms with van der Waals surface area (Å²) in [5.74, 6) is 3.95. The summed E-state index contributed by atoms with van der Waals surface area (Å²) in [6, 6.07) is 7.69. The molecule has 0 aliphatic heterocycles. The van der Waals surface area contributed by atoms with Crippen molar-refractivity contribution in [2.45, 2.75) is 0 Å². The first kappa shape index (κ1) is 16.4. The van der Waals surface area contributed by atoms with E-state index in [0.29, 0.717) is 11.1 Å². The molecule has 1 heterocycles. The second-order valence-corrected chi connectivity index (χ2v) is 5.45. The lowest BCUT2D eigenvalue weighted by molar-refractivity contribution is 0.0696. The highest BCUT2D eigenvalue weighted by molar-refractivity contribution is 7.74. The second kappa shape index (κ2) is 7.33. The molecule has 0 fully saturated rings. The lowest BCUT2D eigenvalue weighted by Gasteiger charge is -1.98. The summed E-state index contributed by atoms with van der Waals surface area (Å²) in [6.45, 7) is 0. The van der Waals surface area contributed by atoms with Gasteiger partial charge in [0, 0.05) is 23.5 Å². The normalized spacial score (nSPS) is 11.3. The summed E-state index contributed by atoms with van der Waals surface area (Å²) in [5.41, 5.74) is 1.32. The average molecular weight is 327 g/mol. The quantitative estimate of drug-likeness (QED) is 0.673. The zero-order chi connectivity index (χ0) is 16.8. The molecule has 1 amide bonds. The first-order valence-electron chi connectivity index (χ1n) is 6.36. The molecule has 0 saturated carbocycles. The maximum atomic E-state index is 11.7. The minimum atomic E-state index is -1.59. The highest BCUT2D eigenvalue weighted by Gasteiger charge is 2.03. The predicted molar refractivity (Wildman–Crippen MR) is 84.4 cm³/mol. The largest absolute Gasteiger partial charge is 0.478 e. The van der Waals surface area contributed by atoms with E-state index in [0.717, 1.165) is 0 Å². The molecule has 0 bridgehead atoms. The van der Waals surface area contributed by atoms with Gasteiger partial charge >= 0.3 is 5.97 Å². The summed E-state index contributed by atoms with van der Waals surface area (Å²) in [5, 5.41) is 8.93. The van der Waals surface area contributed by atoms with Gasteiger partial charge in [-0.15, -0.1) is 6.26 Å².